The van der Waals surface area contributed by atoms with Gasteiger partial charge in [0.2, 0.25) is 5.91 Å². The molecule has 13 heavy (non-hydrogen) atoms. The molecule has 3 heteroatoms. The lowest BCUT2D eigenvalue weighted by Gasteiger charge is -2.20. The standard InChI is InChI=1S/C10H19NO2/c1-10(2,3)11-9(13)7-5-4-6-8-12/h8H,4-7H2,1-3H3,(H,11,13). The third-order valence-corrected chi connectivity index (χ3v) is 1.49. The largest absolute Gasteiger partial charge is 0.352 e. The van der Waals surface area contributed by atoms with Crippen molar-refractivity contribution in [2.75, 3.05) is 0 Å². The SMILES string of the molecule is CC(C)(C)NC(=O)CCCCC=O. The number of hydrogen-bond donors (Lipinski definition) is 1. The molecule has 0 bridgehead atoms. The second-order valence-corrected chi connectivity index (χ2v) is 4.21. The maximum absolute atomic E-state index is 11.2. The van der Waals surface area contributed by atoms with E-state index in [0.29, 0.717) is 12.8 Å². The average molecular weight is 185 g/mol. The normalized spacial score (nSPS) is 11.0. The molecule has 0 atom stereocenters. The van der Waals surface area contributed by atoms with Crippen molar-refractivity contribution in [1.82, 2.24) is 5.32 Å². The van der Waals surface area contributed by atoms with E-state index < -0.39 is 0 Å². The molecular weight excluding hydrogens is 166 g/mol. The summed E-state index contributed by atoms with van der Waals surface area (Å²) in [7, 11) is 0. The van der Waals surface area contributed by atoms with Gasteiger partial charge in [-0.1, -0.05) is 0 Å². The lowest BCUT2D eigenvalue weighted by molar-refractivity contribution is -0.122. The fourth-order valence-electron chi connectivity index (χ4n) is 0.994. The molecule has 0 aliphatic heterocycles. The van der Waals surface area contributed by atoms with E-state index in [0.717, 1.165) is 19.1 Å². The van der Waals surface area contributed by atoms with Gasteiger partial charge in [-0.05, 0) is 33.6 Å². The predicted octanol–water partition coefficient (Wildman–Crippen LogP) is 1.66. The Morgan fingerprint density at radius 1 is 1.31 bits per heavy atom. The van der Waals surface area contributed by atoms with Crippen LogP contribution in [-0.2, 0) is 9.59 Å². The molecule has 0 saturated carbocycles. The van der Waals surface area contributed by atoms with Crippen molar-refractivity contribution in [1.29, 1.82) is 0 Å². The second kappa shape index (κ2) is 5.73. The van der Waals surface area contributed by atoms with E-state index in [1.165, 1.54) is 0 Å². The molecule has 0 saturated heterocycles. The Bertz CT molecular complexity index is 170. The second-order valence-electron chi connectivity index (χ2n) is 4.21. The molecule has 0 radical (unpaired) electrons. The smallest absolute Gasteiger partial charge is 0.220 e. The third kappa shape index (κ3) is 9.05. The van der Waals surface area contributed by atoms with Gasteiger partial charge in [0.15, 0.2) is 0 Å². The monoisotopic (exact) mass is 185 g/mol. The topological polar surface area (TPSA) is 46.2 Å². The summed E-state index contributed by atoms with van der Waals surface area (Å²) in [5, 5.41) is 2.87. The summed E-state index contributed by atoms with van der Waals surface area (Å²) in [6.07, 6.45) is 3.57. The third-order valence-electron chi connectivity index (χ3n) is 1.49. The highest BCUT2D eigenvalue weighted by molar-refractivity contribution is 5.76. The fourth-order valence-corrected chi connectivity index (χ4v) is 0.994. The summed E-state index contributed by atoms with van der Waals surface area (Å²) in [6.45, 7) is 5.86. The van der Waals surface area contributed by atoms with E-state index in [9.17, 15) is 9.59 Å². The molecule has 0 fully saturated rings. The number of nitrogens with one attached hydrogen (secondary N) is 1. The maximum atomic E-state index is 11.2. The summed E-state index contributed by atoms with van der Waals surface area (Å²) >= 11 is 0. The first-order chi connectivity index (χ1) is 5.95. The van der Waals surface area contributed by atoms with Gasteiger partial charge in [0.1, 0.15) is 6.29 Å². The molecule has 0 aliphatic carbocycles. The lowest BCUT2D eigenvalue weighted by atomic mass is 10.1. The number of rotatable bonds is 5. The van der Waals surface area contributed by atoms with Crippen molar-refractivity contribution >= 4 is 12.2 Å². The van der Waals surface area contributed by atoms with Gasteiger partial charge in [0, 0.05) is 18.4 Å². The number of hydrogen-bond acceptors (Lipinski definition) is 2. The summed E-state index contributed by atoms with van der Waals surface area (Å²) in [6, 6.07) is 0. The van der Waals surface area contributed by atoms with Crippen LogP contribution in [-0.4, -0.2) is 17.7 Å². The maximum Gasteiger partial charge on any atom is 0.220 e. The molecule has 3 nitrogen and oxygen atoms in total. The molecule has 1 N–H and O–H groups in total. The number of amides is 1. The average Bonchev–Trinajstić information content (AvgIpc) is 1.94. The summed E-state index contributed by atoms with van der Waals surface area (Å²) < 4.78 is 0. The number of aldehydes is 1. The van der Waals surface area contributed by atoms with E-state index in [-0.39, 0.29) is 11.4 Å². The zero-order valence-corrected chi connectivity index (χ0v) is 8.72. The van der Waals surface area contributed by atoms with Crippen molar-refractivity contribution in [3.8, 4) is 0 Å². The van der Waals surface area contributed by atoms with Crippen molar-refractivity contribution in [3.05, 3.63) is 0 Å². The van der Waals surface area contributed by atoms with Crippen LogP contribution >= 0.6 is 0 Å². The number of carbonyl (C=O) groups is 2. The molecule has 0 aromatic rings. The first-order valence-corrected chi connectivity index (χ1v) is 4.70. The van der Waals surface area contributed by atoms with Crippen molar-refractivity contribution in [2.45, 2.75) is 52.0 Å². The zero-order valence-electron chi connectivity index (χ0n) is 8.72. The molecule has 0 aliphatic rings. The summed E-state index contributed by atoms with van der Waals surface area (Å²) in [5.74, 6) is 0.0680. The van der Waals surface area contributed by atoms with Crippen LogP contribution in [0.2, 0.25) is 0 Å². The van der Waals surface area contributed by atoms with Crippen molar-refractivity contribution in [3.63, 3.8) is 0 Å². The van der Waals surface area contributed by atoms with E-state index in [1.807, 2.05) is 20.8 Å². The van der Waals surface area contributed by atoms with Gasteiger partial charge in [0.25, 0.3) is 0 Å². The molecule has 0 heterocycles. The Labute approximate surface area is 79.9 Å². The van der Waals surface area contributed by atoms with Gasteiger partial charge >= 0.3 is 0 Å². The Morgan fingerprint density at radius 3 is 2.38 bits per heavy atom. The van der Waals surface area contributed by atoms with Crippen LogP contribution in [0.3, 0.4) is 0 Å². The lowest BCUT2D eigenvalue weighted by Crippen LogP contribution is -2.40. The Hall–Kier alpha value is -0.860. The molecule has 0 spiro atoms. The van der Waals surface area contributed by atoms with Crippen LogP contribution < -0.4 is 5.32 Å². The van der Waals surface area contributed by atoms with Crippen molar-refractivity contribution in [2.24, 2.45) is 0 Å². The Balaban J connectivity index is 3.47. The highest BCUT2D eigenvalue weighted by Gasteiger charge is 2.12. The molecular formula is C10H19NO2. The zero-order chi connectivity index (χ0) is 10.3. The van der Waals surface area contributed by atoms with E-state index in [2.05, 4.69) is 5.32 Å². The van der Waals surface area contributed by atoms with Gasteiger partial charge in [-0.3, -0.25) is 4.79 Å². The molecule has 76 valence electrons. The number of unbranched alkanes of at least 4 members (excludes halogenated alkanes) is 2. The highest BCUT2D eigenvalue weighted by atomic mass is 16.1. The number of carbonyl (C=O) groups excluding carboxylic acids is 2. The molecule has 0 aromatic heterocycles. The Kier molecular flexibility index (Phi) is 5.35. The van der Waals surface area contributed by atoms with Gasteiger partial charge in [-0.15, -0.1) is 0 Å². The molecule has 0 rings (SSSR count). The van der Waals surface area contributed by atoms with Gasteiger partial charge in [-0.2, -0.15) is 0 Å². The summed E-state index contributed by atoms with van der Waals surface area (Å²) in [4.78, 5) is 21.2. The minimum Gasteiger partial charge on any atom is -0.352 e. The molecule has 1 amide bonds. The van der Waals surface area contributed by atoms with Crippen LogP contribution in [0.25, 0.3) is 0 Å². The van der Waals surface area contributed by atoms with E-state index in [1.54, 1.807) is 0 Å². The highest BCUT2D eigenvalue weighted by Crippen LogP contribution is 2.02. The molecule has 0 unspecified atom stereocenters. The first kappa shape index (κ1) is 12.1. The summed E-state index contributed by atoms with van der Waals surface area (Å²) in [5.41, 5.74) is -0.151. The van der Waals surface area contributed by atoms with E-state index >= 15 is 0 Å². The van der Waals surface area contributed by atoms with Crippen molar-refractivity contribution < 1.29 is 9.59 Å². The first-order valence-electron chi connectivity index (χ1n) is 4.70. The molecule has 0 aromatic carbocycles. The minimum absolute atomic E-state index is 0.0680. The quantitative estimate of drug-likeness (QED) is 0.523. The Morgan fingerprint density at radius 2 is 1.92 bits per heavy atom. The van der Waals surface area contributed by atoms with Gasteiger partial charge in [-0.25, -0.2) is 0 Å². The van der Waals surface area contributed by atoms with Crippen LogP contribution in [0.15, 0.2) is 0 Å². The van der Waals surface area contributed by atoms with Crippen LogP contribution in [0.4, 0.5) is 0 Å². The van der Waals surface area contributed by atoms with Gasteiger partial charge < -0.3 is 10.1 Å². The van der Waals surface area contributed by atoms with Crippen LogP contribution in [0.1, 0.15) is 46.5 Å². The minimum atomic E-state index is -0.151. The fraction of sp³-hybridized carbons (Fsp3) is 0.800. The van der Waals surface area contributed by atoms with E-state index in [4.69, 9.17) is 0 Å². The predicted molar refractivity (Wildman–Crippen MR) is 52.4 cm³/mol. The van der Waals surface area contributed by atoms with Gasteiger partial charge in [0.05, 0.1) is 0 Å². The van der Waals surface area contributed by atoms with Crippen LogP contribution in [0, 0.1) is 0 Å². The van der Waals surface area contributed by atoms with Crippen LogP contribution in [0.5, 0.6) is 0 Å².